The Morgan fingerprint density at radius 2 is 1.66 bits per heavy atom. The van der Waals surface area contributed by atoms with Crippen LogP contribution in [0.15, 0.2) is 53.4 Å². The van der Waals surface area contributed by atoms with E-state index in [1.807, 2.05) is 26.0 Å². The molecule has 0 aliphatic carbocycles. The highest BCUT2D eigenvalue weighted by molar-refractivity contribution is 7.89. The zero-order valence-electron chi connectivity index (χ0n) is 18.9. The molecule has 2 fully saturated rings. The number of hydrogen-bond acceptors (Lipinski definition) is 5. The van der Waals surface area contributed by atoms with Crippen molar-refractivity contribution in [1.82, 2.24) is 14.1 Å². The van der Waals surface area contributed by atoms with E-state index in [0.717, 1.165) is 37.1 Å². The van der Waals surface area contributed by atoms with E-state index in [1.165, 1.54) is 4.31 Å². The van der Waals surface area contributed by atoms with Crippen LogP contribution >= 0.6 is 0 Å². The van der Waals surface area contributed by atoms with E-state index in [0.29, 0.717) is 12.3 Å². The normalized spacial score (nSPS) is 22.4. The summed E-state index contributed by atoms with van der Waals surface area (Å²) in [5.74, 6) is 0.643. The molecular formula is C24H31N3O4S. The van der Waals surface area contributed by atoms with Gasteiger partial charge in [0.05, 0.1) is 18.6 Å². The third-order valence-electron chi connectivity index (χ3n) is 6.34. The molecule has 0 spiro atoms. The van der Waals surface area contributed by atoms with Gasteiger partial charge in [-0.25, -0.2) is 8.42 Å². The van der Waals surface area contributed by atoms with Gasteiger partial charge < -0.3 is 9.64 Å². The van der Waals surface area contributed by atoms with E-state index < -0.39 is 16.2 Å². The lowest BCUT2D eigenvalue weighted by Gasteiger charge is -2.32. The third-order valence-corrected chi connectivity index (χ3v) is 8.18. The predicted octanol–water partition coefficient (Wildman–Crippen LogP) is 3.02. The number of ether oxygens (including phenoxy) is 1. The minimum absolute atomic E-state index is 0.0400. The highest BCUT2D eigenvalue weighted by atomic mass is 32.2. The molecule has 4 rings (SSSR count). The first-order valence-corrected chi connectivity index (χ1v) is 12.5. The SMILES string of the molecule is COc1ccc(C2N(C(=O)CN3CCCC3)C(C)CN2S(=O)(=O)c2ccc(C)cc2)cc1. The first kappa shape index (κ1) is 22.8. The molecule has 0 saturated carbocycles. The number of sulfonamides is 1. The quantitative estimate of drug-likeness (QED) is 0.667. The summed E-state index contributed by atoms with van der Waals surface area (Å²) >= 11 is 0. The highest BCUT2D eigenvalue weighted by Gasteiger charge is 2.47. The van der Waals surface area contributed by atoms with Crippen molar-refractivity contribution in [3.8, 4) is 5.75 Å². The summed E-state index contributed by atoms with van der Waals surface area (Å²) in [5.41, 5.74) is 1.74. The van der Waals surface area contributed by atoms with Gasteiger partial charge in [0.15, 0.2) is 0 Å². The number of likely N-dealkylation sites (tertiary alicyclic amines) is 1. The summed E-state index contributed by atoms with van der Waals surface area (Å²) < 4.78 is 34.1. The van der Waals surface area contributed by atoms with Crippen molar-refractivity contribution in [1.29, 1.82) is 0 Å². The number of carbonyl (C=O) groups excluding carboxylic acids is 1. The molecule has 0 N–H and O–H groups in total. The molecule has 0 aromatic heterocycles. The van der Waals surface area contributed by atoms with Gasteiger partial charge in [0.25, 0.3) is 0 Å². The number of rotatable bonds is 6. The molecule has 2 saturated heterocycles. The standard InChI is InChI=1S/C24H31N3O4S/c1-18-6-12-22(13-7-18)32(29,30)26-16-19(2)27(23(28)17-25-14-4-5-15-25)24(26)20-8-10-21(31-3)11-9-20/h6-13,19,24H,4-5,14-17H2,1-3H3. The largest absolute Gasteiger partial charge is 0.497 e. The molecule has 8 heteroatoms. The minimum Gasteiger partial charge on any atom is -0.497 e. The Hall–Kier alpha value is -2.42. The van der Waals surface area contributed by atoms with Crippen LogP contribution in [0.5, 0.6) is 5.75 Å². The number of nitrogens with zero attached hydrogens (tertiary/aromatic N) is 3. The second-order valence-corrected chi connectivity index (χ2v) is 10.6. The Labute approximate surface area is 190 Å². The maximum absolute atomic E-state index is 13.7. The number of carbonyl (C=O) groups is 1. The summed E-state index contributed by atoms with van der Waals surface area (Å²) in [5, 5.41) is 0. The van der Waals surface area contributed by atoms with E-state index in [9.17, 15) is 13.2 Å². The summed E-state index contributed by atoms with van der Waals surface area (Å²) in [4.78, 5) is 17.5. The van der Waals surface area contributed by atoms with E-state index in [4.69, 9.17) is 4.74 Å². The third kappa shape index (κ3) is 4.40. The molecule has 0 bridgehead atoms. The van der Waals surface area contributed by atoms with Crippen LogP contribution in [0.1, 0.15) is 37.1 Å². The van der Waals surface area contributed by atoms with Gasteiger partial charge in [-0.3, -0.25) is 9.69 Å². The van der Waals surface area contributed by atoms with Crippen molar-refractivity contribution in [2.45, 2.75) is 43.8 Å². The molecule has 2 atom stereocenters. The lowest BCUT2D eigenvalue weighted by molar-refractivity contribution is -0.135. The maximum atomic E-state index is 13.7. The molecule has 0 radical (unpaired) electrons. The Balaban J connectivity index is 1.72. The van der Waals surface area contributed by atoms with Crippen LogP contribution in [0.3, 0.4) is 0 Å². The van der Waals surface area contributed by atoms with Gasteiger partial charge in [-0.2, -0.15) is 4.31 Å². The van der Waals surface area contributed by atoms with Crippen LogP contribution in [0.4, 0.5) is 0 Å². The molecule has 2 aliphatic heterocycles. The van der Waals surface area contributed by atoms with Gasteiger partial charge in [-0.15, -0.1) is 0 Å². The second kappa shape index (κ2) is 9.21. The van der Waals surface area contributed by atoms with E-state index in [-0.39, 0.29) is 23.4 Å². The molecule has 7 nitrogen and oxygen atoms in total. The predicted molar refractivity (Wildman–Crippen MR) is 123 cm³/mol. The average Bonchev–Trinajstić information content (AvgIpc) is 3.41. The van der Waals surface area contributed by atoms with Crippen molar-refractivity contribution in [3.05, 3.63) is 59.7 Å². The van der Waals surface area contributed by atoms with Crippen molar-refractivity contribution in [2.24, 2.45) is 0 Å². The van der Waals surface area contributed by atoms with Crippen molar-refractivity contribution < 1.29 is 17.9 Å². The zero-order chi connectivity index (χ0) is 22.9. The van der Waals surface area contributed by atoms with Crippen LogP contribution in [0.2, 0.25) is 0 Å². The van der Waals surface area contributed by atoms with Crippen LogP contribution in [-0.4, -0.2) is 67.8 Å². The number of hydrogen-bond donors (Lipinski definition) is 0. The van der Waals surface area contributed by atoms with Gasteiger partial charge in [0, 0.05) is 12.6 Å². The highest BCUT2D eigenvalue weighted by Crippen LogP contribution is 2.38. The Kier molecular flexibility index (Phi) is 6.55. The monoisotopic (exact) mass is 457 g/mol. The molecule has 2 heterocycles. The van der Waals surface area contributed by atoms with Crippen molar-refractivity contribution in [3.63, 3.8) is 0 Å². The van der Waals surface area contributed by atoms with Gasteiger partial charge in [0.1, 0.15) is 11.9 Å². The molecule has 1 amide bonds. The first-order chi connectivity index (χ1) is 15.3. The Bertz CT molecular complexity index is 1050. The molecule has 2 aliphatic rings. The number of benzene rings is 2. The van der Waals surface area contributed by atoms with E-state index >= 15 is 0 Å². The summed E-state index contributed by atoms with van der Waals surface area (Å²) in [6.07, 6.45) is 1.49. The van der Waals surface area contributed by atoms with Crippen molar-refractivity contribution >= 4 is 15.9 Å². The van der Waals surface area contributed by atoms with Gasteiger partial charge in [-0.05, 0) is 69.6 Å². The molecular weight excluding hydrogens is 426 g/mol. The molecule has 2 unspecified atom stereocenters. The maximum Gasteiger partial charge on any atom is 0.245 e. The van der Waals surface area contributed by atoms with Crippen LogP contribution in [-0.2, 0) is 14.8 Å². The second-order valence-electron chi connectivity index (χ2n) is 8.67. The van der Waals surface area contributed by atoms with Crippen LogP contribution < -0.4 is 4.74 Å². The molecule has 32 heavy (non-hydrogen) atoms. The van der Waals surface area contributed by atoms with E-state index in [1.54, 1.807) is 48.4 Å². The zero-order valence-corrected chi connectivity index (χ0v) is 19.7. The number of amides is 1. The lowest BCUT2D eigenvalue weighted by Crippen LogP contribution is -2.44. The Morgan fingerprint density at radius 3 is 2.25 bits per heavy atom. The van der Waals surface area contributed by atoms with Crippen LogP contribution in [0.25, 0.3) is 0 Å². The smallest absolute Gasteiger partial charge is 0.245 e. The van der Waals surface area contributed by atoms with Gasteiger partial charge in [-0.1, -0.05) is 29.8 Å². The first-order valence-electron chi connectivity index (χ1n) is 11.1. The molecule has 2 aromatic rings. The van der Waals surface area contributed by atoms with Gasteiger partial charge in [0.2, 0.25) is 15.9 Å². The molecule has 2 aromatic carbocycles. The minimum atomic E-state index is -3.80. The van der Waals surface area contributed by atoms with Crippen molar-refractivity contribution in [2.75, 3.05) is 33.3 Å². The summed E-state index contributed by atoms with van der Waals surface area (Å²) in [6.45, 7) is 6.23. The summed E-state index contributed by atoms with van der Waals surface area (Å²) in [6, 6.07) is 13.9. The fourth-order valence-corrected chi connectivity index (χ4v) is 6.25. The Morgan fingerprint density at radius 1 is 1.03 bits per heavy atom. The fraction of sp³-hybridized carbons (Fsp3) is 0.458. The average molecular weight is 458 g/mol. The number of methoxy groups -OCH3 is 1. The summed E-state index contributed by atoms with van der Waals surface area (Å²) in [7, 11) is -2.21. The lowest BCUT2D eigenvalue weighted by atomic mass is 10.1. The number of aryl methyl sites for hydroxylation is 1. The van der Waals surface area contributed by atoms with Crippen LogP contribution in [0, 0.1) is 6.92 Å². The topological polar surface area (TPSA) is 70.2 Å². The molecule has 172 valence electrons. The van der Waals surface area contributed by atoms with Gasteiger partial charge >= 0.3 is 0 Å². The fourth-order valence-electron chi connectivity index (χ4n) is 4.60. The van der Waals surface area contributed by atoms with E-state index in [2.05, 4.69) is 4.90 Å².